The lowest BCUT2D eigenvalue weighted by Gasteiger charge is -2.26. The molecule has 8 nitrogen and oxygen atoms in total. The van der Waals surface area contributed by atoms with Crippen LogP contribution in [0.2, 0.25) is 5.02 Å². The molecule has 1 aliphatic heterocycles. The zero-order chi connectivity index (χ0) is 21.7. The lowest BCUT2D eigenvalue weighted by atomic mass is 10.1. The maximum atomic E-state index is 13.0. The number of benzene rings is 2. The molecule has 2 aromatic heterocycles. The molecule has 0 spiro atoms. The summed E-state index contributed by atoms with van der Waals surface area (Å²) in [5.74, 6) is 0.517. The summed E-state index contributed by atoms with van der Waals surface area (Å²) in [6.07, 6.45) is 0. The van der Waals surface area contributed by atoms with E-state index in [2.05, 4.69) is 4.98 Å². The van der Waals surface area contributed by atoms with Gasteiger partial charge >= 0.3 is 5.69 Å². The van der Waals surface area contributed by atoms with Crippen molar-refractivity contribution in [1.82, 2.24) is 18.7 Å². The SMILES string of the molecule is Cn1c(=O)c2c(nc3n2CC(c2ccccc2)=NN3Cc2ccc(Cl)cc2)n(C)c1=O. The first-order valence-corrected chi connectivity index (χ1v) is 10.1. The molecule has 1 aliphatic rings. The molecule has 0 saturated carbocycles. The van der Waals surface area contributed by atoms with Gasteiger partial charge in [-0.25, -0.2) is 9.80 Å². The highest BCUT2D eigenvalue weighted by Gasteiger charge is 2.27. The summed E-state index contributed by atoms with van der Waals surface area (Å²) in [6.45, 7) is 0.811. The third-order valence-corrected chi connectivity index (χ3v) is 5.71. The first-order valence-electron chi connectivity index (χ1n) is 9.75. The minimum absolute atomic E-state index is 0.341. The van der Waals surface area contributed by atoms with E-state index in [4.69, 9.17) is 16.7 Å². The normalized spacial score (nSPS) is 13.4. The van der Waals surface area contributed by atoms with Crippen molar-refractivity contribution in [3.63, 3.8) is 0 Å². The highest BCUT2D eigenvalue weighted by atomic mass is 35.5. The molecule has 0 atom stereocenters. The van der Waals surface area contributed by atoms with Gasteiger partial charge in [-0.2, -0.15) is 10.1 Å². The van der Waals surface area contributed by atoms with E-state index in [1.54, 1.807) is 12.1 Å². The molecule has 0 radical (unpaired) electrons. The molecule has 5 rings (SSSR count). The minimum atomic E-state index is -0.415. The second-order valence-electron chi connectivity index (χ2n) is 7.47. The molecule has 0 fully saturated rings. The van der Waals surface area contributed by atoms with Gasteiger partial charge < -0.3 is 0 Å². The van der Waals surface area contributed by atoms with E-state index in [9.17, 15) is 9.59 Å². The van der Waals surface area contributed by atoms with Crippen LogP contribution < -0.4 is 16.3 Å². The van der Waals surface area contributed by atoms with Crippen molar-refractivity contribution in [3.8, 4) is 0 Å². The molecule has 9 heteroatoms. The van der Waals surface area contributed by atoms with Crippen LogP contribution in [0.25, 0.3) is 11.2 Å². The lowest BCUT2D eigenvalue weighted by molar-refractivity contribution is 0.699. The Bertz CT molecular complexity index is 1450. The molecule has 2 aromatic carbocycles. The van der Waals surface area contributed by atoms with Crippen LogP contribution in [0.15, 0.2) is 69.3 Å². The Morgan fingerprint density at radius 2 is 1.68 bits per heavy atom. The summed E-state index contributed by atoms with van der Waals surface area (Å²) in [4.78, 5) is 30.1. The van der Waals surface area contributed by atoms with E-state index in [0.29, 0.717) is 35.2 Å². The molecule has 3 heterocycles. The number of hydrazone groups is 1. The number of hydrogen-bond donors (Lipinski definition) is 0. The molecule has 0 unspecified atom stereocenters. The summed E-state index contributed by atoms with van der Waals surface area (Å²) in [7, 11) is 3.09. The average Bonchev–Trinajstić information content (AvgIpc) is 3.18. The van der Waals surface area contributed by atoms with Gasteiger partial charge in [-0.3, -0.25) is 18.5 Å². The number of fused-ring (bicyclic) bond motifs is 3. The minimum Gasteiger partial charge on any atom is -0.297 e. The maximum Gasteiger partial charge on any atom is 0.332 e. The Morgan fingerprint density at radius 1 is 0.968 bits per heavy atom. The molecule has 31 heavy (non-hydrogen) atoms. The fourth-order valence-corrected chi connectivity index (χ4v) is 3.93. The van der Waals surface area contributed by atoms with Crippen LogP contribution in [0.3, 0.4) is 0 Å². The highest BCUT2D eigenvalue weighted by molar-refractivity contribution is 6.30. The van der Waals surface area contributed by atoms with Gasteiger partial charge in [0.05, 0.1) is 18.8 Å². The van der Waals surface area contributed by atoms with E-state index < -0.39 is 5.69 Å². The largest absolute Gasteiger partial charge is 0.332 e. The molecule has 0 saturated heterocycles. The number of aromatic nitrogens is 4. The molecular formula is C22H19ClN6O2. The van der Waals surface area contributed by atoms with E-state index in [1.165, 1.54) is 11.6 Å². The molecular weight excluding hydrogens is 416 g/mol. The quantitative estimate of drug-likeness (QED) is 0.496. The fraction of sp³-hybridized carbons (Fsp3) is 0.182. The van der Waals surface area contributed by atoms with Crippen molar-refractivity contribution in [2.75, 3.05) is 5.01 Å². The molecule has 0 amide bonds. The van der Waals surface area contributed by atoms with Gasteiger partial charge in [-0.1, -0.05) is 54.1 Å². The van der Waals surface area contributed by atoms with E-state index in [0.717, 1.165) is 21.4 Å². The summed E-state index contributed by atoms with van der Waals surface area (Å²) in [6, 6.07) is 17.3. The van der Waals surface area contributed by atoms with Gasteiger partial charge in [0.1, 0.15) is 0 Å². The summed E-state index contributed by atoms with van der Waals surface area (Å²) < 4.78 is 4.34. The molecule has 4 aromatic rings. The average molecular weight is 435 g/mol. The fourth-order valence-electron chi connectivity index (χ4n) is 3.80. The van der Waals surface area contributed by atoms with Gasteiger partial charge in [0.2, 0.25) is 5.95 Å². The number of rotatable bonds is 3. The lowest BCUT2D eigenvalue weighted by Crippen LogP contribution is -2.38. The van der Waals surface area contributed by atoms with Crippen LogP contribution in [-0.2, 0) is 27.2 Å². The van der Waals surface area contributed by atoms with E-state index >= 15 is 0 Å². The first kappa shape index (κ1) is 19.3. The number of nitrogens with zero attached hydrogens (tertiary/aromatic N) is 6. The number of imidazole rings is 1. The Balaban J connectivity index is 1.73. The van der Waals surface area contributed by atoms with Crippen molar-refractivity contribution in [2.24, 2.45) is 19.2 Å². The van der Waals surface area contributed by atoms with Crippen molar-refractivity contribution in [3.05, 3.63) is 91.6 Å². The molecule has 0 aliphatic carbocycles. The third-order valence-electron chi connectivity index (χ3n) is 5.46. The van der Waals surface area contributed by atoms with Gasteiger partial charge in [0.15, 0.2) is 11.2 Å². The number of anilines is 1. The maximum absolute atomic E-state index is 13.0. The summed E-state index contributed by atoms with van der Waals surface area (Å²) in [5, 5.41) is 7.27. The predicted octanol–water partition coefficient (Wildman–Crippen LogP) is 2.51. The van der Waals surface area contributed by atoms with Crippen LogP contribution in [-0.4, -0.2) is 24.4 Å². The van der Waals surface area contributed by atoms with Gasteiger partial charge in [-0.15, -0.1) is 0 Å². The van der Waals surface area contributed by atoms with Crippen LogP contribution in [0.4, 0.5) is 5.95 Å². The van der Waals surface area contributed by atoms with Gasteiger partial charge in [-0.05, 0) is 23.3 Å². The molecule has 0 N–H and O–H groups in total. The predicted molar refractivity (Wildman–Crippen MR) is 121 cm³/mol. The first-order chi connectivity index (χ1) is 14.9. The zero-order valence-corrected chi connectivity index (χ0v) is 17.7. The van der Waals surface area contributed by atoms with Crippen molar-refractivity contribution >= 4 is 34.4 Å². The molecule has 156 valence electrons. The Hall–Kier alpha value is -3.65. The van der Waals surface area contributed by atoms with E-state index in [-0.39, 0.29) is 5.56 Å². The van der Waals surface area contributed by atoms with Crippen molar-refractivity contribution < 1.29 is 0 Å². The van der Waals surface area contributed by atoms with Gasteiger partial charge in [0, 0.05) is 19.1 Å². The summed E-state index contributed by atoms with van der Waals surface area (Å²) in [5.41, 5.74) is 2.68. The van der Waals surface area contributed by atoms with Crippen LogP contribution in [0.5, 0.6) is 0 Å². The van der Waals surface area contributed by atoms with Crippen LogP contribution >= 0.6 is 11.6 Å². The number of aryl methyl sites for hydroxylation is 1. The zero-order valence-electron chi connectivity index (χ0n) is 17.0. The van der Waals surface area contributed by atoms with Crippen molar-refractivity contribution in [2.45, 2.75) is 13.1 Å². The Labute approximate surface area is 182 Å². The Kier molecular flexibility index (Phi) is 4.51. The van der Waals surface area contributed by atoms with Crippen LogP contribution in [0.1, 0.15) is 11.1 Å². The standard InChI is InChI=1S/C22H19ClN6O2/c1-26-19-18(20(30)27(2)22(26)31)28-13-17(15-6-4-3-5-7-15)25-29(21(28)24-19)12-14-8-10-16(23)11-9-14/h3-11H,12-13H2,1-2H3. The second-order valence-corrected chi connectivity index (χ2v) is 7.91. The van der Waals surface area contributed by atoms with Crippen LogP contribution in [0, 0.1) is 0 Å². The number of halogens is 1. The monoisotopic (exact) mass is 434 g/mol. The van der Waals surface area contributed by atoms with Crippen molar-refractivity contribution in [1.29, 1.82) is 0 Å². The number of hydrogen-bond acceptors (Lipinski definition) is 5. The third kappa shape index (κ3) is 3.16. The Morgan fingerprint density at radius 3 is 2.39 bits per heavy atom. The smallest absolute Gasteiger partial charge is 0.297 e. The van der Waals surface area contributed by atoms with E-state index in [1.807, 2.05) is 59.2 Å². The van der Waals surface area contributed by atoms with Gasteiger partial charge in [0.25, 0.3) is 5.56 Å². The highest BCUT2D eigenvalue weighted by Crippen LogP contribution is 2.27. The molecule has 0 bridgehead atoms. The second kappa shape index (κ2) is 7.24. The summed E-state index contributed by atoms with van der Waals surface area (Å²) >= 11 is 6.03. The topological polar surface area (TPSA) is 77.4 Å².